The van der Waals surface area contributed by atoms with Crippen molar-refractivity contribution in [2.75, 3.05) is 13.7 Å². The first-order valence-electron chi connectivity index (χ1n) is 5.98. The highest BCUT2D eigenvalue weighted by Gasteiger charge is 2.15. The molecule has 0 saturated carbocycles. The Morgan fingerprint density at radius 3 is 2.31 bits per heavy atom. The third-order valence-corrected chi connectivity index (χ3v) is 2.85. The summed E-state index contributed by atoms with van der Waals surface area (Å²) in [6.45, 7) is 5.53. The Morgan fingerprint density at radius 2 is 1.81 bits per heavy atom. The second kappa shape index (κ2) is 6.66. The van der Waals surface area contributed by atoms with Crippen LogP contribution >= 0.6 is 0 Å². The van der Waals surface area contributed by atoms with Crippen LogP contribution in [0.4, 0.5) is 0 Å². The highest BCUT2D eigenvalue weighted by molar-refractivity contribution is 5.14. The lowest BCUT2D eigenvalue weighted by atomic mass is 10.0. The Bertz CT molecular complexity index is 284. The molecule has 1 N–H and O–H groups in total. The van der Waals surface area contributed by atoms with Gasteiger partial charge in [-0.25, -0.2) is 0 Å². The van der Waals surface area contributed by atoms with Crippen molar-refractivity contribution >= 4 is 0 Å². The van der Waals surface area contributed by atoms with Gasteiger partial charge >= 0.3 is 0 Å². The van der Waals surface area contributed by atoms with Gasteiger partial charge in [0.25, 0.3) is 0 Å². The monoisotopic (exact) mass is 221 g/mol. The van der Waals surface area contributed by atoms with Crippen LogP contribution in [-0.2, 0) is 6.54 Å². The smallest absolute Gasteiger partial charge is 0.0586 e. The minimum atomic E-state index is 0.238. The van der Waals surface area contributed by atoms with E-state index in [1.807, 2.05) is 6.07 Å². The summed E-state index contributed by atoms with van der Waals surface area (Å²) >= 11 is 0. The molecule has 0 saturated heterocycles. The topological polar surface area (TPSA) is 23.5 Å². The van der Waals surface area contributed by atoms with Crippen LogP contribution in [0.1, 0.15) is 25.8 Å². The minimum Gasteiger partial charge on any atom is -0.395 e. The zero-order valence-corrected chi connectivity index (χ0v) is 10.6. The molecular formula is C14H23NO. The van der Waals surface area contributed by atoms with Crippen molar-refractivity contribution in [1.29, 1.82) is 0 Å². The van der Waals surface area contributed by atoms with Gasteiger partial charge in [0, 0.05) is 12.6 Å². The fraction of sp³-hybridized carbons (Fsp3) is 0.571. The number of nitrogens with zero attached hydrogens (tertiary/aromatic N) is 1. The molecule has 0 unspecified atom stereocenters. The maximum atomic E-state index is 9.38. The van der Waals surface area contributed by atoms with Crippen molar-refractivity contribution in [1.82, 2.24) is 4.90 Å². The van der Waals surface area contributed by atoms with E-state index >= 15 is 0 Å². The molecule has 0 aromatic heterocycles. The van der Waals surface area contributed by atoms with E-state index in [9.17, 15) is 5.11 Å². The molecule has 0 aliphatic rings. The lowest BCUT2D eigenvalue weighted by molar-refractivity contribution is 0.124. The van der Waals surface area contributed by atoms with Crippen molar-refractivity contribution in [2.45, 2.75) is 32.9 Å². The third-order valence-electron chi connectivity index (χ3n) is 2.85. The van der Waals surface area contributed by atoms with Crippen molar-refractivity contribution in [2.24, 2.45) is 5.92 Å². The van der Waals surface area contributed by atoms with E-state index in [-0.39, 0.29) is 12.6 Å². The summed E-state index contributed by atoms with van der Waals surface area (Å²) in [6, 6.07) is 10.7. The molecule has 0 amide bonds. The van der Waals surface area contributed by atoms with Crippen molar-refractivity contribution in [3.05, 3.63) is 35.9 Å². The van der Waals surface area contributed by atoms with E-state index < -0.39 is 0 Å². The summed E-state index contributed by atoms with van der Waals surface area (Å²) in [5.74, 6) is 0.621. The standard InChI is InChI=1S/C14H23NO/c1-12(2)9-14(11-16)15(3)10-13-7-5-4-6-8-13/h4-8,12,14,16H,9-11H2,1-3H3/t14-/m1/s1. The van der Waals surface area contributed by atoms with Gasteiger partial charge in [-0.1, -0.05) is 44.2 Å². The van der Waals surface area contributed by atoms with Gasteiger partial charge in [-0.2, -0.15) is 0 Å². The molecule has 2 nitrogen and oxygen atoms in total. The predicted molar refractivity (Wildman–Crippen MR) is 68.2 cm³/mol. The molecule has 1 aromatic rings. The molecule has 0 aliphatic heterocycles. The fourth-order valence-corrected chi connectivity index (χ4v) is 1.94. The summed E-state index contributed by atoms with van der Waals surface area (Å²) in [6.07, 6.45) is 1.04. The van der Waals surface area contributed by atoms with Crippen LogP contribution in [0, 0.1) is 5.92 Å². The SMILES string of the molecule is CC(C)C[C@H](CO)N(C)Cc1ccccc1. The van der Waals surface area contributed by atoms with E-state index in [0.717, 1.165) is 13.0 Å². The first-order chi connectivity index (χ1) is 7.63. The fourth-order valence-electron chi connectivity index (χ4n) is 1.94. The van der Waals surface area contributed by atoms with Crippen LogP contribution in [0.3, 0.4) is 0 Å². The number of hydrogen-bond acceptors (Lipinski definition) is 2. The van der Waals surface area contributed by atoms with Gasteiger partial charge in [0.2, 0.25) is 0 Å². The lowest BCUT2D eigenvalue weighted by Crippen LogP contribution is -2.35. The highest BCUT2D eigenvalue weighted by atomic mass is 16.3. The van der Waals surface area contributed by atoms with Gasteiger partial charge in [0.1, 0.15) is 0 Å². The normalized spacial score (nSPS) is 13.4. The number of benzene rings is 1. The lowest BCUT2D eigenvalue weighted by Gasteiger charge is -2.27. The Hall–Kier alpha value is -0.860. The maximum Gasteiger partial charge on any atom is 0.0586 e. The molecule has 1 rings (SSSR count). The molecule has 1 aromatic carbocycles. The average Bonchev–Trinajstić information content (AvgIpc) is 2.26. The number of likely N-dealkylation sites (N-methyl/N-ethyl adjacent to an activating group) is 1. The summed E-state index contributed by atoms with van der Waals surface area (Å²) < 4.78 is 0. The van der Waals surface area contributed by atoms with Crippen LogP contribution in [0.5, 0.6) is 0 Å². The largest absolute Gasteiger partial charge is 0.395 e. The van der Waals surface area contributed by atoms with E-state index in [0.29, 0.717) is 5.92 Å². The molecular weight excluding hydrogens is 198 g/mol. The molecule has 16 heavy (non-hydrogen) atoms. The first kappa shape index (κ1) is 13.2. The summed E-state index contributed by atoms with van der Waals surface area (Å²) in [4.78, 5) is 2.23. The minimum absolute atomic E-state index is 0.238. The van der Waals surface area contributed by atoms with Crippen molar-refractivity contribution < 1.29 is 5.11 Å². The Kier molecular flexibility index (Phi) is 5.50. The first-order valence-corrected chi connectivity index (χ1v) is 5.98. The molecule has 0 spiro atoms. The molecule has 90 valence electrons. The zero-order chi connectivity index (χ0) is 12.0. The molecule has 0 bridgehead atoms. The Morgan fingerprint density at radius 1 is 1.19 bits per heavy atom. The van der Waals surface area contributed by atoms with Crippen LogP contribution in [0.15, 0.2) is 30.3 Å². The number of rotatable bonds is 6. The predicted octanol–water partition coefficient (Wildman–Crippen LogP) is 2.53. The van der Waals surface area contributed by atoms with Gasteiger partial charge in [0.15, 0.2) is 0 Å². The van der Waals surface area contributed by atoms with E-state index in [1.165, 1.54) is 5.56 Å². The summed E-state index contributed by atoms with van der Waals surface area (Å²) in [5.41, 5.74) is 1.30. The molecule has 0 aliphatic carbocycles. The van der Waals surface area contributed by atoms with Crippen LogP contribution in [0.25, 0.3) is 0 Å². The van der Waals surface area contributed by atoms with Gasteiger partial charge in [-0.15, -0.1) is 0 Å². The van der Waals surface area contributed by atoms with Crippen LogP contribution < -0.4 is 0 Å². The molecule has 0 radical (unpaired) electrons. The summed E-state index contributed by atoms with van der Waals surface area (Å²) in [5, 5.41) is 9.38. The highest BCUT2D eigenvalue weighted by Crippen LogP contribution is 2.12. The summed E-state index contributed by atoms with van der Waals surface area (Å²) in [7, 11) is 2.08. The Balaban J connectivity index is 2.52. The van der Waals surface area contributed by atoms with Gasteiger partial charge in [-0.3, -0.25) is 4.90 Å². The van der Waals surface area contributed by atoms with Crippen LogP contribution in [-0.4, -0.2) is 29.7 Å². The number of hydrogen-bond donors (Lipinski definition) is 1. The molecule has 0 heterocycles. The molecule has 1 atom stereocenters. The van der Waals surface area contributed by atoms with E-state index in [1.54, 1.807) is 0 Å². The van der Waals surface area contributed by atoms with E-state index in [4.69, 9.17) is 0 Å². The average molecular weight is 221 g/mol. The second-order valence-electron chi connectivity index (χ2n) is 4.87. The van der Waals surface area contributed by atoms with E-state index in [2.05, 4.69) is 50.1 Å². The van der Waals surface area contributed by atoms with Crippen molar-refractivity contribution in [3.8, 4) is 0 Å². The maximum absolute atomic E-state index is 9.38. The number of aliphatic hydroxyl groups excluding tert-OH is 1. The zero-order valence-electron chi connectivity index (χ0n) is 10.6. The molecule has 2 heteroatoms. The van der Waals surface area contributed by atoms with Crippen molar-refractivity contribution in [3.63, 3.8) is 0 Å². The van der Waals surface area contributed by atoms with Crippen LogP contribution in [0.2, 0.25) is 0 Å². The van der Waals surface area contributed by atoms with Gasteiger partial charge in [0.05, 0.1) is 6.61 Å². The third kappa shape index (κ3) is 4.33. The Labute approximate surface area is 98.9 Å². The van der Waals surface area contributed by atoms with Gasteiger partial charge in [-0.05, 0) is 24.9 Å². The quantitative estimate of drug-likeness (QED) is 0.798. The molecule has 0 fully saturated rings. The number of aliphatic hydroxyl groups is 1. The second-order valence-corrected chi connectivity index (χ2v) is 4.87. The van der Waals surface area contributed by atoms with Gasteiger partial charge < -0.3 is 5.11 Å².